The minimum atomic E-state index is -3.16. The Bertz CT molecular complexity index is 684. The molecular weight excluding hydrogens is 337 g/mol. The van der Waals surface area contributed by atoms with Crippen LogP contribution >= 0.6 is 7.60 Å². The molecule has 0 unspecified atom stereocenters. The molecule has 0 aromatic carbocycles. The molecule has 2 heterocycles. The molecule has 10 nitrogen and oxygen atoms in total. The highest BCUT2D eigenvalue weighted by Crippen LogP contribution is 2.47. The predicted molar refractivity (Wildman–Crippen MR) is 87.5 cm³/mol. The van der Waals surface area contributed by atoms with Crippen molar-refractivity contribution in [1.29, 1.82) is 0 Å². The van der Waals surface area contributed by atoms with Crippen LogP contribution in [0.4, 0.5) is 5.82 Å². The lowest BCUT2D eigenvalue weighted by Gasteiger charge is -2.16. The molecule has 11 heteroatoms. The Hall–Kier alpha value is -1.74. The molecule has 0 atom stereocenters. The molecule has 0 saturated carbocycles. The van der Waals surface area contributed by atoms with E-state index in [0.29, 0.717) is 49.8 Å². The second kappa shape index (κ2) is 8.93. The van der Waals surface area contributed by atoms with Crippen LogP contribution in [-0.2, 0) is 18.3 Å². The number of imidazole rings is 1. The van der Waals surface area contributed by atoms with Gasteiger partial charge in [0, 0.05) is 6.42 Å². The lowest BCUT2D eigenvalue weighted by atomic mass is 10.5. The zero-order chi connectivity index (χ0) is 17.4. The maximum atomic E-state index is 12.2. The highest BCUT2D eigenvalue weighted by Gasteiger charge is 2.23. The number of hydrogen-bond donors (Lipinski definition) is 1. The molecule has 0 radical (unpaired) electrons. The predicted octanol–water partition coefficient (Wildman–Crippen LogP) is 1.47. The molecule has 24 heavy (non-hydrogen) atoms. The number of aromatic nitrogens is 4. The van der Waals surface area contributed by atoms with E-state index in [1.165, 1.54) is 17.4 Å². The molecule has 0 fully saturated rings. The van der Waals surface area contributed by atoms with Gasteiger partial charge in [-0.05, 0) is 13.8 Å². The number of ether oxygens (including phenoxy) is 1. The molecule has 2 rings (SSSR count). The number of anilines is 1. The summed E-state index contributed by atoms with van der Waals surface area (Å²) < 4.78 is 29.2. The van der Waals surface area contributed by atoms with E-state index < -0.39 is 7.60 Å². The van der Waals surface area contributed by atoms with Gasteiger partial charge in [0.25, 0.3) is 0 Å². The van der Waals surface area contributed by atoms with Gasteiger partial charge in [-0.2, -0.15) is 4.73 Å². The zero-order valence-corrected chi connectivity index (χ0v) is 14.6. The van der Waals surface area contributed by atoms with Crippen LogP contribution in [0.15, 0.2) is 12.7 Å². The van der Waals surface area contributed by atoms with Crippen LogP contribution < -0.4 is 10.6 Å². The summed E-state index contributed by atoms with van der Waals surface area (Å²) in [6.45, 7) is 4.85. The van der Waals surface area contributed by atoms with Crippen LogP contribution in [-0.4, -0.2) is 52.5 Å². The number of hydrogen-bond acceptors (Lipinski definition) is 9. The smallest absolute Gasteiger partial charge is 0.356 e. The van der Waals surface area contributed by atoms with E-state index in [2.05, 4.69) is 15.0 Å². The van der Waals surface area contributed by atoms with E-state index >= 15 is 0 Å². The Morgan fingerprint density at radius 3 is 2.62 bits per heavy atom. The first kappa shape index (κ1) is 18.6. The average molecular weight is 359 g/mol. The van der Waals surface area contributed by atoms with E-state index in [0.717, 1.165) is 0 Å². The van der Waals surface area contributed by atoms with Crippen molar-refractivity contribution in [2.24, 2.45) is 0 Å². The standard InChI is InChI=1S/C13H22N5O5P/c1-3-22-24(19,23-4-2)10-20-6-5-7-21-18-9-17-11-12(14)15-8-16-13(11)18/h8-9H,3-7,10H2,1-2H3,(H2,14,15,16). The average Bonchev–Trinajstić information content (AvgIpc) is 2.96. The summed E-state index contributed by atoms with van der Waals surface area (Å²) in [7, 11) is -3.16. The summed E-state index contributed by atoms with van der Waals surface area (Å²) in [4.78, 5) is 17.6. The lowest BCUT2D eigenvalue weighted by molar-refractivity contribution is 0.0802. The molecular formula is C13H22N5O5P. The Balaban J connectivity index is 1.73. The van der Waals surface area contributed by atoms with Gasteiger partial charge in [-0.15, -0.1) is 0 Å². The zero-order valence-electron chi connectivity index (χ0n) is 13.8. The second-order valence-electron chi connectivity index (χ2n) is 4.67. The van der Waals surface area contributed by atoms with E-state index in [-0.39, 0.29) is 6.35 Å². The third kappa shape index (κ3) is 4.88. The molecule has 0 aliphatic carbocycles. The van der Waals surface area contributed by atoms with Gasteiger partial charge >= 0.3 is 7.60 Å². The van der Waals surface area contributed by atoms with E-state index in [1.54, 1.807) is 13.8 Å². The van der Waals surface area contributed by atoms with Crippen molar-refractivity contribution in [2.75, 3.05) is 38.5 Å². The number of rotatable bonds is 11. The Labute approximate surface area is 139 Å². The first-order chi connectivity index (χ1) is 11.6. The first-order valence-electron chi connectivity index (χ1n) is 7.62. The summed E-state index contributed by atoms with van der Waals surface area (Å²) in [6, 6.07) is 0. The molecule has 2 N–H and O–H groups in total. The van der Waals surface area contributed by atoms with E-state index in [4.69, 9.17) is 24.4 Å². The molecule has 0 spiro atoms. The quantitative estimate of drug-likeness (QED) is 0.469. The number of nitrogen functional groups attached to an aromatic ring is 1. The van der Waals surface area contributed by atoms with Gasteiger partial charge in [-0.1, -0.05) is 0 Å². The molecule has 0 saturated heterocycles. The fourth-order valence-electron chi connectivity index (χ4n) is 1.93. The summed E-state index contributed by atoms with van der Waals surface area (Å²) in [5.74, 6) is 0.299. The van der Waals surface area contributed by atoms with Gasteiger partial charge in [0.1, 0.15) is 25.6 Å². The molecule has 0 bridgehead atoms. The third-order valence-electron chi connectivity index (χ3n) is 2.90. The molecule has 2 aromatic rings. The van der Waals surface area contributed by atoms with Crippen molar-refractivity contribution in [1.82, 2.24) is 19.7 Å². The van der Waals surface area contributed by atoms with Gasteiger partial charge in [-0.25, -0.2) is 15.0 Å². The van der Waals surface area contributed by atoms with Crippen molar-refractivity contribution in [3.63, 3.8) is 0 Å². The number of nitrogens with two attached hydrogens (primary N) is 1. The van der Waals surface area contributed by atoms with Gasteiger partial charge in [0.15, 0.2) is 11.3 Å². The van der Waals surface area contributed by atoms with Crippen LogP contribution in [0, 0.1) is 0 Å². The molecule has 0 aliphatic heterocycles. The van der Waals surface area contributed by atoms with E-state index in [9.17, 15) is 4.57 Å². The highest BCUT2D eigenvalue weighted by molar-refractivity contribution is 7.53. The number of fused-ring (bicyclic) bond motifs is 1. The van der Waals surface area contributed by atoms with Crippen molar-refractivity contribution in [3.05, 3.63) is 12.7 Å². The number of nitrogens with zero attached hydrogens (tertiary/aromatic N) is 4. The van der Waals surface area contributed by atoms with Crippen molar-refractivity contribution >= 4 is 24.6 Å². The van der Waals surface area contributed by atoms with Gasteiger partial charge in [0.05, 0.1) is 19.8 Å². The maximum Gasteiger partial charge on any atom is 0.356 e. The van der Waals surface area contributed by atoms with Crippen LogP contribution in [0.3, 0.4) is 0 Å². The lowest BCUT2D eigenvalue weighted by Crippen LogP contribution is -2.14. The Morgan fingerprint density at radius 2 is 1.92 bits per heavy atom. The largest absolute Gasteiger partial charge is 0.411 e. The van der Waals surface area contributed by atoms with Crippen LogP contribution in [0.1, 0.15) is 20.3 Å². The van der Waals surface area contributed by atoms with Crippen LogP contribution in [0.2, 0.25) is 0 Å². The summed E-state index contributed by atoms with van der Waals surface area (Å²) in [5.41, 5.74) is 6.69. The first-order valence-corrected chi connectivity index (χ1v) is 9.35. The summed E-state index contributed by atoms with van der Waals surface area (Å²) >= 11 is 0. The fraction of sp³-hybridized carbons (Fsp3) is 0.615. The third-order valence-corrected chi connectivity index (χ3v) is 4.70. The molecule has 134 valence electrons. The minimum Gasteiger partial charge on any atom is -0.411 e. The Kier molecular flexibility index (Phi) is 6.92. The minimum absolute atomic E-state index is 0.0769. The Morgan fingerprint density at radius 1 is 1.17 bits per heavy atom. The normalized spacial score (nSPS) is 11.9. The molecule has 0 aliphatic rings. The molecule has 2 aromatic heterocycles. The van der Waals surface area contributed by atoms with Crippen molar-refractivity contribution < 1.29 is 23.2 Å². The van der Waals surface area contributed by atoms with Gasteiger partial charge < -0.3 is 24.4 Å². The summed E-state index contributed by atoms with van der Waals surface area (Å²) in [6.07, 6.45) is 3.33. The van der Waals surface area contributed by atoms with E-state index in [1.807, 2.05) is 0 Å². The van der Waals surface area contributed by atoms with Gasteiger partial charge in [-0.3, -0.25) is 4.57 Å². The summed E-state index contributed by atoms with van der Waals surface area (Å²) in [5, 5.41) is 0. The maximum absolute atomic E-state index is 12.2. The van der Waals surface area contributed by atoms with Crippen molar-refractivity contribution in [3.8, 4) is 0 Å². The fourth-order valence-corrected chi connectivity index (χ4v) is 3.30. The highest BCUT2D eigenvalue weighted by atomic mass is 31.2. The topological polar surface area (TPSA) is 124 Å². The van der Waals surface area contributed by atoms with Gasteiger partial charge in [0.2, 0.25) is 5.65 Å². The van der Waals surface area contributed by atoms with Crippen LogP contribution in [0.5, 0.6) is 0 Å². The monoisotopic (exact) mass is 359 g/mol. The SMILES string of the molecule is CCOP(=O)(COCCCOn1cnc2c(N)ncnc21)OCC. The van der Waals surface area contributed by atoms with Crippen molar-refractivity contribution in [2.45, 2.75) is 20.3 Å². The van der Waals surface area contributed by atoms with Crippen LogP contribution in [0.25, 0.3) is 11.2 Å². The molecule has 0 amide bonds. The second-order valence-corrected chi connectivity index (χ2v) is 6.67.